The highest BCUT2D eigenvalue weighted by atomic mass is 16.5. The second-order valence-electron chi connectivity index (χ2n) is 6.51. The number of nitrogens with zero attached hydrogens (tertiary/aromatic N) is 2. The molecule has 0 aliphatic carbocycles. The summed E-state index contributed by atoms with van der Waals surface area (Å²) in [5.41, 5.74) is 2.73. The van der Waals surface area contributed by atoms with Gasteiger partial charge in [-0.3, -0.25) is 14.8 Å². The van der Waals surface area contributed by atoms with Crippen LogP contribution < -0.4 is 15.7 Å². The van der Waals surface area contributed by atoms with Crippen LogP contribution in [-0.2, 0) is 9.59 Å². The predicted octanol–water partition coefficient (Wildman–Crippen LogP) is -0.820. The van der Waals surface area contributed by atoms with Crippen LogP contribution in [0.15, 0.2) is 30.3 Å². The van der Waals surface area contributed by atoms with Gasteiger partial charge in [-0.2, -0.15) is 0 Å². The largest absolute Gasteiger partial charge is 0.392 e. The van der Waals surface area contributed by atoms with Gasteiger partial charge in [0.2, 0.25) is 11.8 Å². The Morgan fingerprint density at radius 3 is 2.44 bits per heavy atom. The normalized spacial score (nSPS) is 27.0. The van der Waals surface area contributed by atoms with Crippen molar-refractivity contribution in [1.29, 1.82) is 0 Å². The first-order valence-electron chi connectivity index (χ1n) is 8.54. The molecule has 1 aromatic rings. The standard InChI is InChI=1S/C17H24N4O4/c22-13-10-14(16(23)19-25)15(18-11-13)17(24)21-8-6-20(7-9-21)12-4-2-1-3-5-12/h1-5,13-15,18,22,25H,6-11H2,(H,19,23)/t13-,14+,15+/m1/s1. The molecule has 4 N–H and O–H groups in total. The zero-order chi connectivity index (χ0) is 17.8. The highest BCUT2D eigenvalue weighted by Gasteiger charge is 2.41. The number of piperazine rings is 1. The zero-order valence-corrected chi connectivity index (χ0v) is 14.0. The first kappa shape index (κ1) is 17.7. The second-order valence-corrected chi connectivity index (χ2v) is 6.51. The SMILES string of the molecule is O=C(NO)[C@H]1C[C@@H](O)CN[C@@H]1C(=O)N1CCN(c2ccccc2)CC1. The first-order valence-corrected chi connectivity index (χ1v) is 8.54. The Bertz CT molecular complexity index is 604. The molecule has 0 unspecified atom stereocenters. The summed E-state index contributed by atoms with van der Waals surface area (Å²) in [4.78, 5) is 28.7. The number of hydrogen-bond donors (Lipinski definition) is 4. The Labute approximate surface area is 146 Å². The average molecular weight is 348 g/mol. The van der Waals surface area contributed by atoms with Crippen LogP contribution in [0.4, 0.5) is 5.69 Å². The maximum absolute atomic E-state index is 12.8. The number of aliphatic hydroxyl groups is 1. The van der Waals surface area contributed by atoms with E-state index in [0.29, 0.717) is 13.1 Å². The summed E-state index contributed by atoms with van der Waals surface area (Å²) in [6.45, 7) is 2.85. The van der Waals surface area contributed by atoms with Crippen molar-refractivity contribution < 1.29 is 19.9 Å². The fourth-order valence-corrected chi connectivity index (χ4v) is 3.54. The molecule has 3 atom stereocenters. The molecule has 0 aromatic heterocycles. The van der Waals surface area contributed by atoms with E-state index in [1.165, 1.54) is 0 Å². The lowest BCUT2D eigenvalue weighted by Gasteiger charge is -2.40. The predicted molar refractivity (Wildman–Crippen MR) is 91.1 cm³/mol. The molecule has 0 saturated carbocycles. The van der Waals surface area contributed by atoms with Crippen LogP contribution in [0, 0.1) is 5.92 Å². The fraction of sp³-hybridized carbons (Fsp3) is 0.529. The number of β-amino-alcohol motifs (C(OH)–C–C–N with tert-alkyl or cyclic N) is 1. The van der Waals surface area contributed by atoms with E-state index in [9.17, 15) is 14.7 Å². The molecule has 3 rings (SSSR count). The van der Waals surface area contributed by atoms with Gasteiger partial charge in [-0.1, -0.05) is 18.2 Å². The van der Waals surface area contributed by atoms with Crippen molar-refractivity contribution in [1.82, 2.24) is 15.7 Å². The first-order chi connectivity index (χ1) is 12.1. The Kier molecular flexibility index (Phi) is 5.52. The fourth-order valence-electron chi connectivity index (χ4n) is 3.54. The number of anilines is 1. The number of para-hydroxylation sites is 1. The number of rotatable bonds is 3. The maximum atomic E-state index is 12.8. The minimum Gasteiger partial charge on any atom is -0.392 e. The quantitative estimate of drug-likeness (QED) is 0.420. The van der Waals surface area contributed by atoms with Crippen molar-refractivity contribution in [2.24, 2.45) is 5.92 Å². The monoisotopic (exact) mass is 348 g/mol. The smallest absolute Gasteiger partial charge is 0.248 e. The van der Waals surface area contributed by atoms with Gasteiger partial charge in [0.15, 0.2) is 0 Å². The minimum absolute atomic E-state index is 0.153. The molecule has 8 heteroatoms. The Balaban J connectivity index is 1.62. The molecule has 2 amide bonds. The van der Waals surface area contributed by atoms with Crippen LogP contribution in [0.5, 0.6) is 0 Å². The van der Waals surface area contributed by atoms with Crippen molar-refractivity contribution in [3.8, 4) is 0 Å². The number of aliphatic hydroxyl groups excluding tert-OH is 1. The molecule has 0 bridgehead atoms. The summed E-state index contributed by atoms with van der Waals surface area (Å²) < 4.78 is 0. The third kappa shape index (κ3) is 3.92. The number of benzene rings is 1. The molecule has 1 aromatic carbocycles. The molecule has 2 heterocycles. The van der Waals surface area contributed by atoms with Crippen LogP contribution in [0.3, 0.4) is 0 Å². The zero-order valence-electron chi connectivity index (χ0n) is 14.0. The third-order valence-electron chi connectivity index (χ3n) is 4.93. The Morgan fingerprint density at radius 1 is 1.12 bits per heavy atom. The molecule has 0 spiro atoms. The lowest BCUT2D eigenvalue weighted by molar-refractivity contribution is -0.145. The number of nitrogens with one attached hydrogen (secondary N) is 2. The number of carbonyl (C=O) groups excluding carboxylic acids is 2. The summed E-state index contributed by atoms with van der Waals surface area (Å²) in [6.07, 6.45) is -0.555. The number of carbonyl (C=O) groups is 2. The summed E-state index contributed by atoms with van der Waals surface area (Å²) >= 11 is 0. The second kappa shape index (κ2) is 7.81. The van der Waals surface area contributed by atoms with Crippen molar-refractivity contribution in [3.05, 3.63) is 30.3 Å². The van der Waals surface area contributed by atoms with E-state index < -0.39 is 24.0 Å². The van der Waals surface area contributed by atoms with Gasteiger partial charge in [0.25, 0.3) is 0 Å². The molecule has 0 radical (unpaired) electrons. The number of hydroxylamine groups is 1. The molecule has 8 nitrogen and oxygen atoms in total. The summed E-state index contributed by atoms with van der Waals surface area (Å²) in [5.74, 6) is -1.59. The molecule has 2 fully saturated rings. The molecular formula is C17H24N4O4. The number of amides is 2. The van der Waals surface area contributed by atoms with E-state index in [2.05, 4.69) is 10.2 Å². The van der Waals surface area contributed by atoms with E-state index in [-0.39, 0.29) is 18.9 Å². The maximum Gasteiger partial charge on any atom is 0.248 e. The van der Waals surface area contributed by atoms with Crippen LogP contribution in [0.2, 0.25) is 0 Å². The van der Waals surface area contributed by atoms with Crippen LogP contribution in [-0.4, -0.2) is 71.9 Å². The van der Waals surface area contributed by atoms with Gasteiger partial charge in [-0.05, 0) is 18.6 Å². The van der Waals surface area contributed by atoms with Crippen LogP contribution >= 0.6 is 0 Å². The van der Waals surface area contributed by atoms with Gasteiger partial charge in [0.1, 0.15) is 0 Å². The van der Waals surface area contributed by atoms with E-state index >= 15 is 0 Å². The number of hydrogen-bond acceptors (Lipinski definition) is 6. The topological polar surface area (TPSA) is 105 Å². The molecule has 2 saturated heterocycles. The van der Waals surface area contributed by atoms with E-state index in [0.717, 1.165) is 18.8 Å². The van der Waals surface area contributed by atoms with Gasteiger partial charge in [0.05, 0.1) is 18.1 Å². The average Bonchev–Trinajstić information content (AvgIpc) is 2.67. The molecule has 2 aliphatic rings. The van der Waals surface area contributed by atoms with Crippen LogP contribution in [0.1, 0.15) is 6.42 Å². The molecule has 136 valence electrons. The highest BCUT2D eigenvalue weighted by Crippen LogP contribution is 2.21. The lowest BCUT2D eigenvalue weighted by Crippen LogP contribution is -2.61. The van der Waals surface area contributed by atoms with Crippen molar-refractivity contribution in [3.63, 3.8) is 0 Å². The van der Waals surface area contributed by atoms with Crippen molar-refractivity contribution >= 4 is 17.5 Å². The van der Waals surface area contributed by atoms with E-state index in [4.69, 9.17) is 5.21 Å². The van der Waals surface area contributed by atoms with Crippen molar-refractivity contribution in [2.75, 3.05) is 37.6 Å². The van der Waals surface area contributed by atoms with Gasteiger partial charge < -0.3 is 20.2 Å². The van der Waals surface area contributed by atoms with E-state index in [1.54, 1.807) is 10.4 Å². The molecule has 25 heavy (non-hydrogen) atoms. The Hall–Kier alpha value is -2.16. The molecular weight excluding hydrogens is 324 g/mol. The van der Waals surface area contributed by atoms with Gasteiger partial charge >= 0.3 is 0 Å². The summed E-state index contributed by atoms with van der Waals surface area (Å²) in [7, 11) is 0. The van der Waals surface area contributed by atoms with Crippen molar-refractivity contribution in [2.45, 2.75) is 18.6 Å². The number of piperidine rings is 1. The molecule has 2 aliphatic heterocycles. The lowest BCUT2D eigenvalue weighted by atomic mass is 9.87. The van der Waals surface area contributed by atoms with E-state index in [1.807, 2.05) is 30.3 Å². The van der Waals surface area contributed by atoms with Crippen LogP contribution in [0.25, 0.3) is 0 Å². The van der Waals surface area contributed by atoms with Gasteiger partial charge in [0, 0.05) is 38.4 Å². The van der Waals surface area contributed by atoms with Gasteiger partial charge in [-0.25, -0.2) is 5.48 Å². The Morgan fingerprint density at radius 2 is 1.80 bits per heavy atom. The van der Waals surface area contributed by atoms with Gasteiger partial charge in [-0.15, -0.1) is 0 Å². The summed E-state index contributed by atoms with van der Waals surface area (Å²) in [6, 6.07) is 9.31. The highest BCUT2D eigenvalue weighted by molar-refractivity contribution is 5.90. The minimum atomic E-state index is -0.784. The summed E-state index contributed by atoms with van der Waals surface area (Å²) in [5, 5.41) is 21.6. The third-order valence-corrected chi connectivity index (χ3v) is 4.93.